The minimum atomic E-state index is -0.728. The summed E-state index contributed by atoms with van der Waals surface area (Å²) in [6, 6.07) is 9.61. The van der Waals surface area contributed by atoms with Gasteiger partial charge in [-0.15, -0.1) is 0 Å². The lowest BCUT2D eigenvalue weighted by molar-refractivity contribution is -0.161. The van der Waals surface area contributed by atoms with Crippen molar-refractivity contribution in [3.8, 4) is 0 Å². The van der Waals surface area contributed by atoms with Crippen LogP contribution in [0.4, 0.5) is 4.79 Å². The summed E-state index contributed by atoms with van der Waals surface area (Å²) in [5.41, 5.74) is 0.417. The summed E-state index contributed by atoms with van der Waals surface area (Å²) >= 11 is 0. The minimum Gasteiger partial charge on any atom is -0.462 e. The van der Waals surface area contributed by atoms with Crippen LogP contribution in [-0.2, 0) is 30.3 Å². The first-order valence-corrected chi connectivity index (χ1v) is 8.08. The molecule has 1 fully saturated rings. The fraction of sp³-hybridized carbons (Fsp3) is 0.556. The number of rotatable bonds is 8. The second-order valence-electron chi connectivity index (χ2n) is 6.39. The molecule has 132 valence electrons. The van der Waals surface area contributed by atoms with Gasteiger partial charge in [0, 0.05) is 0 Å². The highest BCUT2D eigenvalue weighted by atomic mass is 16.8. The van der Waals surface area contributed by atoms with Crippen LogP contribution in [0.3, 0.4) is 0 Å². The van der Waals surface area contributed by atoms with Crippen LogP contribution in [0.1, 0.15) is 32.8 Å². The molecule has 1 heterocycles. The van der Waals surface area contributed by atoms with E-state index in [4.69, 9.17) is 18.9 Å². The normalized spacial score (nSPS) is 18.6. The molecule has 0 spiro atoms. The predicted molar refractivity (Wildman–Crippen MR) is 86.3 cm³/mol. The van der Waals surface area contributed by atoms with E-state index in [9.17, 15) is 9.59 Å². The third-order valence-electron chi connectivity index (χ3n) is 4.15. The highest BCUT2D eigenvalue weighted by Gasteiger charge is 2.36. The molecule has 1 aromatic rings. The molecule has 0 amide bonds. The van der Waals surface area contributed by atoms with Crippen LogP contribution in [0.5, 0.6) is 0 Å². The van der Waals surface area contributed by atoms with Crippen molar-refractivity contribution in [2.45, 2.75) is 46.0 Å². The first-order valence-electron chi connectivity index (χ1n) is 8.08. The van der Waals surface area contributed by atoms with Crippen molar-refractivity contribution in [2.75, 3.05) is 13.2 Å². The summed E-state index contributed by atoms with van der Waals surface area (Å²) in [5.74, 6) is -0.302. The van der Waals surface area contributed by atoms with Crippen LogP contribution in [0.15, 0.2) is 30.3 Å². The molecule has 2 rings (SSSR count). The monoisotopic (exact) mass is 336 g/mol. The molecule has 0 aliphatic carbocycles. The number of carbonyl (C=O) groups excluding carboxylic acids is 2. The molecule has 1 aliphatic heterocycles. The molecular formula is C18H24O6. The lowest BCUT2D eigenvalue weighted by Gasteiger charge is -2.25. The molecule has 2 unspecified atom stereocenters. The second kappa shape index (κ2) is 8.15. The molecule has 1 aliphatic rings. The summed E-state index contributed by atoms with van der Waals surface area (Å²) in [4.78, 5) is 23.3. The van der Waals surface area contributed by atoms with Gasteiger partial charge >= 0.3 is 12.1 Å². The van der Waals surface area contributed by atoms with Crippen LogP contribution in [0.2, 0.25) is 0 Å². The fourth-order valence-corrected chi connectivity index (χ4v) is 2.06. The topological polar surface area (TPSA) is 71.1 Å². The van der Waals surface area contributed by atoms with E-state index in [1.54, 1.807) is 0 Å². The quantitative estimate of drug-likeness (QED) is 0.679. The Balaban J connectivity index is 1.95. The molecule has 2 atom stereocenters. The first-order chi connectivity index (χ1) is 11.4. The average molecular weight is 336 g/mol. The number of esters is 1. The number of carbonyl (C=O) groups is 2. The Kier molecular flexibility index (Phi) is 6.20. The Morgan fingerprint density at radius 3 is 2.62 bits per heavy atom. The van der Waals surface area contributed by atoms with Crippen LogP contribution in [-0.4, -0.2) is 37.5 Å². The van der Waals surface area contributed by atoms with E-state index in [2.05, 4.69) is 0 Å². The van der Waals surface area contributed by atoms with Gasteiger partial charge in [0.25, 0.3) is 0 Å². The molecule has 1 aromatic carbocycles. The van der Waals surface area contributed by atoms with E-state index in [1.165, 1.54) is 0 Å². The molecule has 0 radical (unpaired) electrons. The van der Waals surface area contributed by atoms with E-state index in [-0.39, 0.29) is 19.2 Å². The molecule has 0 saturated carbocycles. The van der Waals surface area contributed by atoms with Gasteiger partial charge in [-0.3, -0.25) is 4.79 Å². The maximum atomic E-state index is 12.1. The van der Waals surface area contributed by atoms with Crippen molar-refractivity contribution in [1.29, 1.82) is 0 Å². The van der Waals surface area contributed by atoms with E-state index in [0.29, 0.717) is 13.0 Å². The van der Waals surface area contributed by atoms with Gasteiger partial charge in [0.05, 0.1) is 12.0 Å². The molecule has 24 heavy (non-hydrogen) atoms. The summed E-state index contributed by atoms with van der Waals surface area (Å²) in [7, 11) is 0. The van der Waals surface area contributed by atoms with Gasteiger partial charge in [-0.25, -0.2) is 4.79 Å². The second-order valence-corrected chi connectivity index (χ2v) is 6.39. The van der Waals surface area contributed by atoms with Crippen LogP contribution in [0, 0.1) is 5.41 Å². The number of hydrogen-bond donors (Lipinski definition) is 0. The summed E-state index contributed by atoms with van der Waals surface area (Å²) in [6.45, 7) is 6.01. The first kappa shape index (κ1) is 18.3. The Morgan fingerprint density at radius 1 is 1.33 bits per heavy atom. The van der Waals surface area contributed by atoms with E-state index in [0.717, 1.165) is 5.56 Å². The zero-order valence-corrected chi connectivity index (χ0v) is 14.3. The van der Waals surface area contributed by atoms with Crippen molar-refractivity contribution < 1.29 is 28.5 Å². The maximum Gasteiger partial charge on any atom is 0.508 e. The number of cyclic esters (lactones) is 2. The van der Waals surface area contributed by atoms with Gasteiger partial charge in [0.15, 0.2) is 6.10 Å². The lowest BCUT2D eigenvalue weighted by Crippen LogP contribution is -2.38. The zero-order chi connectivity index (χ0) is 17.6. The van der Waals surface area contributed by atoms with Gasteiger partial charge in [0.2, 0.25) is 0 Å². The van der Waals surface area contributed by atoms with Gasteiger partial charge in [-0.2, -0.15) is 0 Å². The zero-order valence-electron chi connectivity index (χ0n) is 14.3. The number of hydrogen-bond acceptors (Lipinski definition) is 6. The van der Waals surface area contributed by atoms with Gasteiger partial charge in [-0.05, 0) is 25.8 Å². The van der Waals surface area contributed by atoms with Crippen LogP contribution >= 0.6 is 0 Å². The molecule has 6 nitrogen and oxygen atoms in total. The molecule has 6 heteroatoms. The standard InChI is InChI=1S/C18H24O6/c1-4-18(2,3)16(19)22-11-14(15-12-23-17(20)24-15)21-10-13-8-6-5-7-9-13/h5-9,14-15H,4,10-12H2,1-3H3. The Hall–Kier alpha value is -2.08. The molecule has 0 N–H and O–H groups in total. The Bertz CT molecular complexity index is 554. The lowest BCUT2D eigenvalue weighted by atomic mass is 9.91. The number of ether oxygens (including phenoxy) is 4. The van der Waals surface area contributed by atoms with Gasteiger partial charge < -0.3 is 18.9 Å². The molecular weight excluding hydrogens is 312 g/mol. The highest BCUT2D eigenvalue weighted by Crippen LogP contribution is 2.23. The van der Waals surface area contributed by atoms with Crippen LogP contribution < -0.4 is 0 Å². The highest BCUT2D eigenvalue weighted by molar-refractivity contribution is 5.75. The largest absolute Gasteiger partial charge is 0.508 e. The fourth-order valence-electron chi connectivity index (χ4n) is 2.06. The van der Waals surface area contributed by atoms with Crippen molar-refractivity contribution in [1.82, 2.24) is 0 Å². The summed E-state index contributed by atoms with van der Waals surface area (Å²) in [6.07, 6.45) is -1.22. The number of benzene rings is 1. The molecule has 0 bridgehead atoms. The summed E-state index contributed by atoms with van der Waals surface area (Å²) < 4.78 is 21.1. The van der Waals surface area contributed by atoms with Gasteiger partial charge in [-0.1, -0.05) is 37.3 Å². The van der Waals surface area contributed by atoms with E-state index in [1.807, 2.05) is 51.1 Å². The smallest absolute Gasteiger partial charge is 0.462 e. The third-order valence-corrected chi connectivity index (χ3v) is 4.15. The maximum absolute atomic E-state index is 12.1. The minimum absolute atomic E-state index is 0.0103. The molecule has 0 aromatic heterocycles. The Labute approximate surface area is 142 Å². The Morgan fingerprint density at radius 2 is 2.04 bits per heavy atom. The van der Waals surface area contributed by atoms with Gasteiger partial charge in [0.1, 0.15) is 19.3 Å². The van der Waals surface area contributed by atoms with Crippen molar-refractivity contribution >= 4 is 12.1 Å². The summed E-state index contributed by atoms with van der Waals surface area (Å²) in [5, 5.41) is 0. The van der Waals surface area contributed by atoms with Crippen molar-refractivity contribution in [2.24, 2.45) is 5.41 Å². The molecule has 1 saturated heterocycles. The van der Waals surface area contributed by atoms with Crippen molar-refractivity contribution in [3.63, 3.8) is 0 Å². The average Bonchev–Trinajstić information content (AvgIpc) is 3.01. The SMILES string of the molecule is CCC(C)(C)C(=O)OCC(OCc1ccccc1)C1COC(=O)O1. The van der Waals surface area contributed by atoms with Crippen LogP contribution in [0.25, 0.3) is 0 Å². The third kappa shape index (κ3) is 4.96. The van der Waals surface area contributed by atoms with Crippen molar-refractivity contribution in [3.05, 3.63) is 35.9 Å². The van der Waals surface area contributed by atoms with E-state index >= 15 is 0 Å². The predicted octanol–water partition coefficient (Wildman–Crippen LogP) is 3.09. The van der Waals surface area contributed by atoms with E-state index < -0.39 is 23.8 Å².